The lowest BCUT2D eigenvalue weighted by atomic mass is 10.2. The van der Waals surface area contributed by atoms with Crippen LogP contribution in [-0.4, -0.2) is 34.6 Å². The first-order valence-corrected chi connectivity index (χ1v) is 7.58. The number of nitrogens with one attached hydrogen (secondary N) is 1. The van der Waals surface area contributed by atoms with E-state index >= 15 is 0 Å². The zero-order chi connectivity index (χ0) is 13.6. The number of ether oxygens (including phenoxy) is 1. The summed E-state index contributed by atoms with van der Waals surface area (Å²) in [7, 11) is 2.97. The Kier molecular flexibility index (Phi) is 5.58. The monoisotopic (exact) mass is 291 g/mol. The highest BCUT2D eigenvalue weighted by molar-refractivity contribution is 8.13. The van der Waals surface area contributed by atoms with Crippen molar-refractivity contribution in [3.63, 3.8) is 0 Å². The summed E-state index contributed by atoms with van der Waals surface area (Å²) in [5.74, 6) is -0.340. The summed E-state index contributed by atoms with van der Waals surface area (Å²) in [6.45, 7) is 1.01. The standard InChI is InChI=1S/C11H14ClNO4S/c1-17-7-3-6-13-11(14)9-4-2-5-10(8-9)18(12,15)16/h2,4-5,8H,3,6-7H2,1H3,(H,13,14). The van der Waals surface area contributed by atoms with Crippen LogP contribution in [-0.2, 0) is 13.8 Å². The Morgan fingerprint density at radius 2 is 2.17 bits per heavy atom. The smallest absolute Gasteiger partial charge is 0.261 e. The molecule has 1 rings (SSSR count). The van der Waals surface area contributed by atoms with Gasteiger partial charge in [0.25, 0.3) is 15.0 Å². The minimum Gasteiger partial charge on any atom is -0.385 e. The summed E-state index contributed by atoms with van der Waals surface area (Å²) in [6, 6.07) is 5.58. The Bertz CT molecular complexity index is 516. The third kappa shape index (κ3) is 4.64. The molecule has 0 spiro atoms. The second-order valence-corrected chi connectivity index (χ2v) is 6.13. The molecule has 100 valence electrons. The molecule has 0 aromatic heterocycles. The van der Waals surface area contributed by atoms with Crippen LogP contribution in [0, 0.1) is 0 Å². The molecule has 1 N–H and O–H groups in total. The fraction of sp³-hybridized carbons (Fsp3) is 0.364. The summed E-state index contributed by atoms with van der Waals surface area (Å²) in [4.78, 5) is 11.6. The molecule has 0 aliphatic carbocycles. The quantitative estimate of drug-likeness (QED) is 0.635. The third-order valence-electron chi connectivity index (χ3n) is 2.19. The molecule has 0 saturated heterocycles. The average Bonchev–Trinajstić information content (AvgIpc) is 2.33. The molecular formula is C11H14ClNO4S. The van der Waals surface area contributed by atoms with Gasteiger partial charge in [-0.05, 0) is 24.6 Å². The Hall–Kier alpha value is -1.11. The van der Waals surface area contributed by atoms with Crippen molar-refractivity contribution in [1.29, 1.82) is 0 Å². The molecule has 0 heterocycles. The van der Waals surface area contributed by atoms with Gasteiger partial charge in [-0.2, -0.15) is 0 Å². The molecule has 1 amide bonds. The van der Waals surface area contributed by atoms with E-state index < -0.39 is 9.05 Å². The SMILES string of the molecule is COCCCNC(=O)c1cccc(S(=O)(=O)Cl)c1. The fourth-order valence-corrected chi connectivity index (χ4v) is 2.11. The first-order chi connectivity index (χ1) is 8.45. The lowest BCUT2D eigenvalue weighted by Crippen LogP contribution is -2.25. The maximum Gasteiger partial charge on any atom is 0.261 e. The van der Waals surface area contributed by atoms with Crippen LogP contribution in [0.1, 0.15) is 16.8 Å². The maximum absolute atomic E-state index is 11.7. The van der Waals surface area contributed by atoms with E-state index in [4.69, 9.17) is 15.4 Å². The van der Waals surface area contributed by atoms with Crippen LogP contribution in [0.2, 0.25) is 0 Å². The van der Waals surface area contributed by atoms with Crippen LogP contribution in [0.15, 0.2) is 29.2 Å². The average molecular weight is 292 g/mol. The summed E-state index contributed by atoms with van der Waals surface area (Å²) < 4.78 is 27.1. The molecule has 0 radical (unpaired) electrons. The van der Waals surface area contributed by atoms with Gasteiger partial charge in [-0.1, -0.05) is 6.07 Å². The van der Waals surface area contributed by atoms with Gasteiger partial charge < -0.3 is 10.1 Å². The van der Waals surface area contributed by atoms with Crippen molar-refractivity contribution < 1.29 is 17.9 Å². The number of benzene rings is 1. The zero-order valence-corrected chi connectivity index (χ0v) is 11.4. The highest BCUT2D eigenvalue weighted by atomic mass is 35.7. The predicted molar refractivity (Wildman–Crippen MR) is 68.3 cm³/mol. The van der Waals surface area contributed by atoms with Crippen molar-refractivity contribution in [2.75, 3.05) is 20.3 Å². The van der Waals surface area contributed by atoms with Gasteiger partial charge in [0.2, 0.25) is 0 Å². The number of rotatable bonds is 6. The van der Waals surface area contributed by atoms with E-state index in [9.17, 15) is 13.2 Å². The van der Waals surface area contributed by atoms with Gasteiger partial charge in [-0.15, -0.1) is 0 Å². The summed E-state index contributed by atoms with van der Waals surface area (Å²) in [6.07, 6.45) is 0.690. The van der Waals surface area contributed by atoms with Gasteiger partial charge >= 0.3 is 0 Å². The van der Waals surface area contributed by atoms with Gasteiger partial charge in [0, 0.05) is 36.5 Å². The molecule has 0 aliphatic rings. The van der Waals surface area contributed by atoms with Gasteiger partial charge in [0.1, 0.15) is 0 Å². The van der Waals surface area contributed by atoms with E-state index in [2.05, 4.69) is 5.32 Å². The second-order valence-electron chi connectivity index (χ2n) is 3.57. The minimum atomic E-state index is -3.82. The summed E-state index contributed by atoms with van der Waals surface area (Å²) >= 11 is 0. The van der Waals surface area contributed by atoms with Crippen LogP contribution in [0.3, 0.4) is 0 Å². The maximum atomic E-state index is 11.7. The van der Waals surface area contributed by atoms with Gasteiger partial charge in [-0.3, -0.25) is 4.79 Å². The van der Waals surface area contributed by atoms with Crippen LogP contribution in [0.5, 0.6) is 0 Å². The zero-order valence-electron chi connectivity index (χ0n) is 9.85. The van der Waals surface area contributed by atoms with E-state index in [-0.39, 0.29) is 16.4 Å². The molecule has 1 aromatic carbocycles. The predicted octanol–water partition coefficient (Wildman–Crippen LogP) is 1.38. The van der Waals surface area contributed by atoms with E-state index in [1.54, 1.807) is 7.11 Å². The second kappa shape index (κ2) is 6.72. The number of halogens is 1. The number of amides is 1. The van der Waals surface area contributed by atoms with E-state index in [1.165, 1.54) is 24.3 Å². The van der Waals surface area contributed by atoms with E-state index in [0.29, 0.717) is 19.6 Å². The molecule has 18 heavy (non-hydrogen) atoms. The normalized spacial score (nSPS) is 11.2. The van der Waals surface area contributed by atoms with Gasteiger partial charge in [-0.25, -0.2) is 8.42 Å². The molecule has 0 atom stereocenters. The molecule has 7 heteroatoms. The molecule has 0 fully saturated rings. The highest BCUT2D eigenvalue weighted by Crippen LogP contribution is 2.15. The lowest BCUT2D eigenvalue weighted by molar-refractivity contribution is 0.0948. The molecule has 5 nitrogen and oxygen atoms in total. The first kappa shape index (κ1) is 14.9. The van der Waals surface area contributed by atoms with Crippen LogP contribution < -0.4 is 5.32 Å². The number of hydrogen-bond acceptors (Lipinski definition) is 4. The van der Waals surface area contributed by atoms with Crippen LogP contribution >= 0.6 is 10.7 Å². The topological polar surface area (TPSA) is 72.5 Å². The van der Waals surface area contributed by atoms with Gasteiger partial charge in [0.15, 0.2) is 0 Å². The Morgan fingerprint density at radius 3 is 2.78 bits per heavy atom. The van der Waals surface area contributed by atoms with E-state index in [1.807, 2.05) is 0 Å². The number of carbonyl (C=O) groups is 1. The molecule has 0 saturated carbocycles. The van der Waals surface area contributed by atoms with Crippen molar-refractivity contribution in [3.05, 3.63) is 29.8 Å². The molecular weight excluding hydrogens is 278 g/mol. The third-order valence-corrected chi connectivity index (χ3v) is 3.54. The fourth-order valence-electron chi connectivity index (χ4n) is 1.31. The van der Waals surface area contributed by atoms with Crippen LogP contribution in [0.4, 0.5) is 0 Å². The minimum absolute atomic E-state index is 0.0892. The van der Waals surface area contributed by atoms with Crippen molar-refractivity contribution in [2.24, 2.45) is 0 Å². The first-order valence-electron chi connectivity index (χ1n) is 5.27. The number of carbonyl (C=O) groups excluding carboxylic acids is 1. The highest BCUT2D eigenvalue weighted by Gasteiger charge is 2.12. The summed E-state index contributed by atoms with van der Waals surface area (Å²) in [5.41, 5.74) is 0.258. The van der Waals surface area contributed by atoms with E-state index in [0.717, 1.165) is 0 Å². The van der Waals surface area contributed by atoms with Crippen molar-refractivity contribution in [1.82, 2.24) is 5.32 Å². The molecule has 0 bridgehead atoms. The van der Waals surface area contributed by atoms with Crippen LogP contribution in [0.25, 0.3) is 0 Å². The van der Waals surface area contributed by atoms with Crippen molar-refractivity contribution in [2.45, 2.75) is 11.3 Å². The Balaban J connectivity index is 2.69. The largest absolute Gasteiger partial charge is 0.385 e. The Labute approximate surface area is 111 Å². The molecule has 0 unspecified atom stereocenters. The van der Waals surface area contributed by atoms with Crippen molar-refractivity contribution in [3.8, 4) is 0 Å². The van der Waals surface area contributed by atoms with Crippen molar-refractivity contribution >= 4 is 25.6 Å². The number of methoxy groups -OCH3 is 1. The summed E-state index contributed by atoms with van der Waals surface area (Å²) in [5, 5.41) is 2.66. The Morgan fingerprint density at radius 1 is 1.44 bits per heavy atom. The molecule has 1 aromatic rings. The lowest BCUT2D eigenvalue weighted by Gasteiger charge is -2.05. The van der Waals surface area contributed by atoms with Gasteiger partial charge in [0.05, 0.1) is 4.90 Å². The number of hydrogen-bond donors (Lipinski definition) is 1. The molecule has 0 aliphatic heterocycles.